The maximum absolute atomic E-state index is 14.1. The fourth-order valence-electron chi connectivity index (χ4n) is 3.73. The van der Waals surface area contributed by atoms with Gasteiger partial charge in [-0.3, -0.25) is 14.5 Å². The number of nitrogens with zero attached hydrogens (tertiary/aromatic N) is 2. The lowest BCUT2D eigenvalue weighted by Crippen LogP contribution is -2.53. The number of amides is 2. The third-order valence-corrected chi connectivity index (χ3v) is 6.55. The minimum Gasteiger partial charge on any atom is -0.336 e. The molecule has 2 aromatic carbocycles. The summed E-state index contributed by atoms with van der Waals surface area (Å²) in [5.41, 5.74) is 0.590. The van der Waals surface area contributed by atoms with E-state index >= 15 is 0 Å². The van der Waals surface area contributed by atoms with Crippen LogP contribution in [0.1, 0.15) is 25.3 Å². The zero-order valence-electron chi connectivity index (χ0n) is 14.7. The third-order valence-electron chi connectivity index (χ3n) is 5.09. The van der Waals surface area contributed by atoms with Crippen molar-refractivity contribution in [3.05, 3.63) is 59.7 Å². The molecule has 2 aromatic rings. The molecule has 0 N–H and O–H groups in total. The van der Waals surface area contributed by atoms with Gasteiger partial charge >= 0.3 is 0 Å². The number of anilines is 1. The van der Waals surface area contributed by atoms with Crippen LogP contribution in [-0.2, 0) is 16.1 Å². The number of carbonyl (C=O) groups is 2. The van der Waals surface area contributed by atoms with Gasteiger partial charge in [0.2, 0.25) is 5.91 Å². The van der Waals surface area contributed by atoms with Crippen LogP contribution >= 0.6 is 11.8 Å². The Labute approximate surface area is 160 Å². The Hall–Kier alpha value is -2.41. The second-order valence-corrected chi connectivity index (χ2v) is 7.92. The van der Waals surface area contributed by atoms with Gasteiger partial charge in [-0.2, -0.15) is 0 Å². The van der Waals surface area contributed by atoms with Gasteiger partial charge in [-0.15, -0.1) is 0 Å². The molecular formula is C20H18F2N2O2S. The molecule has 27 heavy (non-hydrogen) atoms. The molecule has 0 radical (unpaired) electrons. The van der Waals surface area contributed by atoms with Crippen LogP contribution in [0.5, 0.6) is 0 Å². The monoisotopic (exact) mass is 388 g/mol. The van der Waals surface area contributed by atoms with Crippen LogP contribution in [0.4, 0.5) is 14.5 Å². The molecule has 0 aromatic heterocycles. The number of halogens is 2. The van der Waals surface area contributed by atoms with Crippen molar-refractivity contribution in [1.29, 1.82) is 0 Å². The minimum atomic E-state index is -1.07. The third kappa shape index (κ3) is 2.72. The smallest absolute Gasteiger partial charge is 0.260 e. The summed E-state index contributed by atoms with van der Waals surface area (Å²) in [6, 6.07) is 11.1. The molecule has 0 aliphatic carbocycles. The molecule has 140 valence electrons. The first-order chi connectivity index (χ1) is 13.0. The van der Waals surface area contributed by atoms with Gasteiger partial charge in [0.25, 0.3) is 5.91 Å². The van der Waals surface area contributed by atoms with Gasteiger partial charge in [0.15, 0.2) is 4.87 Å². The normalized spacial score (nSPS) is 20.6. The molecule has 0 bridgehead atoms. The lowest BCUT2D eigenvalue weighted by Gasteiger charge is -2.35. The van der Waals surface area contributed by atoms with Gasteiger partial charge in [0, 0.05) is 23.4 Å². The molecule has 2 aliphatic heterocycles. The molecule has 0 unspecified atom stereocenters. The van der Waals surface area contributed by atoms with Gasteiger partial charge in [0.1, 0.15) is 11.6 Å². The summed E-state index contributed by atoms with van der Waals surface area (Å²) >= 11 is 1.36. The first kappa shape index (κ1) is 18.0. The van der Waals surface area contributed by atoms with E-state index in [-0.39, 0.29) is 36.9 Å². The summed E-state index contributed by atoms with van der Waals surface area (Å²) in [6.07, 6.45) is 0.652. The minimum absolute atomic E-state index is 0.103. The number of para-hydroxylation sites is 1. The van der Waals surface area contributed by atoms with E-state index in [9.17, 15) is 18.4 Å². The fourth-order valence-corrected chi connectivity index (χ4v) is 5.22. The Bertz CT molecular complexity index is 916. The fraction of sp³-hybridized carbons (Fsp3) is 0.300. The second kappa shape index (κ2) is 6.64. The SMILES string of the molecule is CCN(Cc1c(F)cccc1F)C(=O)[C@]12CCC(=O)N1c1ccccc1S2. The molecule has 2 aliphatic rings. The maximum Gasteiger partial charge on any atom is 0.260 e. The Balaban J connectivity index is 1.69. The number of fused-ring (bicyclic) bond motifs is 3. The predicted octanol–water partition coefficient (Wildman–Crippen LogP) is 3.94. The Morgan fingerprint density at radius 2 is 1.89 bits per heavy atom. The van der Waals surface area contributed by atoms with Crippen molar-refractivity contribution in [2.75, 3.05) is 11.4 Å². The number of benzene rings is 2. The largest absolute Gasteiger partial charge is 0.336 e. The van der Waals surface area contributed by atoms with Crippen LogP contribution in [0.3, 0.4) is 0 Å². The Morgan fingerprint density at radius 1 is 1.19 bits per heavy atom. The van der Waals surface area contributed by atoms with Crippen molar-refractivity contribution in [2.45, 2.75) is 36.1 Å². The highest BCUT2D eigenvalue weighted by atomic mass is 32.2. The highest BCUT2D eigenvalue weighted by molar-refractivity contribution is 8.02. The molecule has 1 fully saturated rings. The molecular weight excluding hydrogens is 370 g/mol. The van der Waals surface area contributed by atoms with Crippen LogP contribution in [0.2, 0.25) is 0 Å². The Kier molecular flexibility index (Phi) is 4.42. The average molecular weight is 388 g/mol. The molecule has 4 nitrogen and oxygen atoms in total. The van der Waals surface area contributed by atoms with E-state index < -0.39 is 16.5 Å². The first-order valence-electron chi connectivity index (χ1n) is 8.81. The summed E-state index contributed by atoms with van der Waals surface area (Å²) in [5, 5.41) is 0. The molecule has 1 saturated heterocycles. The topological polar surface area (TPSA) is 40.6 Å². The standard InChI is InChI=1S/C20H18F2N2O2S/c1-2-23(12-13-14(21)6-5-7-15(13)22)19(26)20-11-10-18(25)24(20)16-8-3-4-9-17(16)27-20/h3-9H,2,10-12H2,1H3/t20-/m1/s1. The first-order valence-corrected chi connectivity index (χ1v) is 9.63. The van der Waals surface area contributed by atoms with Crippen LogP contribution in [0, 0.1) is 11.6 Å². The van der Waals surface area contributed by atoms with Crippen LogP contribution in [0.25, 0.3) is 0 Å². The molecule has 1 atom stereocenters. The van der Waals surface area contributed by atoms with Gasteiger partial charge in [0.05, 0.1) is 12.2 Å². The van der Waals surface area contributed by atoms with E-state index in [1.807, 2.05) is 24.3 Å². The summed E-state index contributed by atoms with van der Waals surface area (Å²) in [4.78, 5) is 28.8. The number of hydrogen-bond donors (Lipinski definition) is 0. The zero-order chi connectivity index (χ0) is 19.2. The number of rotatable bonds is 4. The van der Waals surface area contributed by atoms with Crippen molar-refractivity contribution >= 4 is 29.3 Å². The molecule has 4 rings (SSSR count). The van der Waals surface area contributed by atoms with Gasteiger partial charge in [-0.25, -0.2) is 8.78 Å². The van der Waals surface area contributed by atoms with Crippen molar-refractivity contribution in [1.82, 2.24) is 4.90 Å². The van der Waals surface area contributed by atoms with Crippen molar-refractivity contribution in [3.63, 3.8) is 0 Å². The van der Waals surface area contributed by atoms with Gasteiger partial charge in [-0.1, -0.05) is 30.0 Å². The van der Waals surface area contributed by atoms with E-state index in [1.54, 1.807) is 11.8 Å². The second-order valence-electron chi connectivity index (χ2n) is 6.60. The average Bonchev–Trinajstić information content (AvgIpc) is 3.17. The molecule has 2 amide bonds. The maximum atomic E-state index is 14.1. The van der Waals surface area contributed by atoms with Gasteiger partial charge < -0.3 is 4.90 Å². The van der Waals surface area contributed by atoms with Gasteiger partial charge in [-0.05, 0) is 37.6 Å². The molecule has 7 heteroatoms. The summed E-state index contributed by atoms with van der Waals surface area (Å²) in [7, 11) is 0. The highest BCUT2D eigenvalue weighted by Crippen LogP contribution is 2.56. The summed E-state index contributed by atoms with van der Waals surface area (Å²) in [6.45, 7) is 1.88. The van der Waals surface area contributed by atoms with E-state index in [1.165, 1.54) is 34.9 Å². The lowest BCUT2D eigenvalue weighted by molar-refractivity contribution is -0.134. The number of likely N-dealkylation sites (N-methyl/N-ethyl adjacent to an activating group) is 1. The summed E-state index contributed by atoms with van der Waals surface area (Å²) in [5.74, 6) is -1.76. The molecule has 2 heterocycles. The quantitative estimate of drug-likeness (QED) is 0.797. The van der Waals surface area contributed by atoms with Crippen LogP contribution in [0.15, 0.2) is 47.4 Å². The van der Waals surface area contributed by atoms with Crippen LogP contribution in [-0.4, -0.2) is 28.1 Å². The zero-order valence-corrected chi connectivity index (χ0v) is 15.6. The van der Waals surface area contributed by atoms with E-state index in [0.29, 0.717) is 6.42 Å². The van der Waals surface area contributed by atoms with Crippen LogP contribution < -0.4 is 4.90 Å². The summed E-state index contributed by atoms with van der Waals surface area (Å²) < 4.78 is 28.2. The van der Waals surface area contributed by atoms with E-state index in [4.69, 9.17) is 0 Å². The molecule has 0 spiro atoms. The predicted molar refractivity (Wildman–Crippen MR) is 99.2 cm³/mol. The number of hydrogen-bond acceptors (Lipinski definition) is 3. The van der Waals surface area contributed by atoms with Crippen molar-refractivity contribution in [2.24, 2.45) is 0 Å². The van der Waals surface area contributed by atoms with E-state index in [2.05, 4.69) is 0 Å². The number of thioether (sulfide) groups is 1. The lowest BCUT2D eigenvalue weighted by atomic mass is 10.1. The number of carbonyl (C=O) groups excluding carboxylic acids is 2. The molecule has 0 saturated carbocycles. The van der Waals surface area contributed by atoms with Crippen molar-refractivity contribution in [3.8, 4) is 0 Å². The highest BCUT2D eigenvalue weighted by Gasteiger charge is 2.58. The van der Waals surface area contributed by atoms with E-state index in [0.717, 1.165) is 10.6 Å². The van der Waals surface area contributed by atoms with Crippen molar-refractivity contribution < 1.29 is 18.4 Å². The Morgan fingerprint density at radius 3 is 2.59 bits per heavy atom.